The summed E-state index contributed by atoms with van der Waals surface area (Å²) in [5.41, 5.74) is 1.66. The third kappa shape index (κ3) is 5.03. The van der Waals surface area contributed by atoms with E-state index >= 15 is 0 Å². The van der Waals surface area contributed by atoms with Crippen LogP contribution >= 0.6 is 11.6 Å². The normalized spacial score (nSPS) is 11.6. The van der Waals surface area contributed by atoms with Crippen molar-refractivity contribution in [1.82, 2.24) is 15.3 Å². The maximum atomic E-state index is 11.8. The highest BCUT2D eigenvalue weighted by atomic mass is 35.5. The van der Waals surface area contributed by atoms with Gasteiger partial charge >= 0.3 is 5.97 Å². The lowest BCUT2D eigenvalue weighted by molar-refractivity contribution is -0.124. The van der Waals surface area contributed by atoms with E-state index in [9.17, 15) is 9.59 Å². The molecule has 0 bridgehead atoms. The number of aryl methyl sites for hydroxylation is 1. The summed E-state index contributed by atoms with van der Waals surface area (Å²) >= 11 is 5.82. The number of hydrogen-bond acceptors (Lipinski definition) is 5. The van der Waals surface area contributed by atoms with Gasteiger partial charge in [-0.25, -0.2) is 9.78 Å². The summed E-state index contributed by atoms with van der Waals surface area (Å²) in [6, 6.07) is 6.91. The number of carbonyl (C=O) groups is 2. The van der Waals surface area contributed by atoms with Crippen LogP contribution in [0.15, 0.2) is 36.7 Å². The zero-order valence-corrected chi connectivity index (χ0v) is 13.5. The zero-order valence-electron chi connectivity index (χ0n) is 12.7. The summed E-state index contributed by atoms with van der Waals surface area (Å²) < 4.78 is 4.91. The Morgan fingerprint density at radius 3 is 2.52 bits per heavy atom. The maximum Gasteiger partial charge on any atom is 0.359 e. The first-order valence-corrected chi connectivity index (χ1v) is 7.34. The lowest BCUT2D eigenvalue weighted by Gasteiger charge is -2.14. The van der Waals surface area contributed by atoms with E-state index in [1.165, 1.54) is 12.4 Å². The first-order chi connectivity index (χ1) is 11.0. The van der Waals surface area contributed by atoms with Crippen molar-refractivity contribution in [2.75, 3.05) is 6.61 Å². The van der Waals surface area contributed by atoms with Crippen LogP contribution < -0.4 is 5.32 Å². The minimum absolute atomic E-state index is 0.0640. The number of halogens is 1. The second-order valence-corrected chi connectivity index (χ2v) is 5.40. The van der Waals surface area contributed by atoms with Crippen molar-refractivity contribution in [3.63, 3.8) is 0 Å². The summed E-state index contributed by atoms with van der Waals surface area (Å²) in [5.74, 6) is -1.09. The summed E-state index contributed by atoms with van der Waals surface area (Å²) in [4.78, 5) is 31.4. The van der Waals surface area contributed by atoms with Crippen LogP contribution in [0.5, 0.6) is 0 Å². The standard InChI is InChI=1S/C16H16ClN3O3/c1-10-7-19-14(8-18-10)16(22)23-9-15(21)20-11(2)12-3-5-13(17)6-4-12/h3-8,11H,9H2,1-2H3,(H,20,21)/t11-/m0/s1. The molecule has 0 aliphatic rings. The number of nitrogens with one attached hydrogen (secondary N) is 1. The quantitative estimate of drug-likeness (QED) is 0.850. The van der Waals surface area contributed by atoms with E-state index in [0.29, 0.717) is 10.7 Å². The van der Waals surface area contributed by atoms with Gasteiger partial charge in [0, 0.05) is 11.2 Å². The lowest BCUT2D eigenvalue weighted by Crippen LogP contribution is -2.31. The molecule has 2 rings (SSSR count). The van der Waals surface area contributed by atoms with Crippen LogP contribution in [0.4, 0.5) is 0 Å². The van der Waals surface area contributed by atoms with Crippen molar-refractivity contribution in [3.8, 4) is 0 Å². The molecule has 1 amide bonds. The molecule has 0 saturated heterocycles. The largest absolute Gasteiger partial charge is 0.451 e. The fraction of sp³-hybridized carbons (Fsp3) is 0.250. The number of hydrogen-bond donors (Lipinski definition) is 1. The average molecular weight is 334 g/mol. The minimum Gasteiger partial charge on any atom is -0.451 e. The van der Waals surface area contributed by atoms with Crippen molar-refractivity contribution in [1.29, 1.82) is 0 Å². The molecule has 0 aliphatic carbocycles. The molecule has 120 valence electrons. The van der Waals surface area contributed by atoms with Gasteiger partial charge in [0.2, 0.25) is 0 Å². The monoisotopic (exact) mass is 333 g/mol. The molecule has 1 atom stereocenters. The van der Waals surface area contributed by atoms with Crippen molar-refractivity contribution in [2.24, 2.45) is 0 Å². The molecule has 0 saturated carbocycles. The van der Waals surface area contributed by atoms with Crippen LogP contribution in [0.2, 0.25) is 5.02 Å². The fourth-order valence-corrected chi connectivity index (χ4v) is 1.95. The third-order valence-corrected chi connectivity index (χ3v) is 3.32. The van der Waals surface area contributed by atoms with Gasteiger partial charge in [0.15, 0.2) is 12.3 Å². The number of rotatable bonds is 5. The van der Waals surface area contributed by atoms with E-state index < -0.39 is 11.9 Å². The van der Waals surface area contributed by atoms with Gasteiger partial charge < -0.3 is 10.1 Å². The number of benzene rings is 1. The molecular formula is C16H16ClN3O3. The first kappa shape index (κ1) is 16.9. The molecule has 0 radical (unpaired) electrons. The summed E-state index contributed by atoms with van der Waals surface area (Å²) in [5, 5.41) is 3.36. The van der Waals surface area contributed by atoms with Gasteiger partial charge in [-0.3, -0.25) is 9.78 Å². The second-order valence-electron chi connectivity index (χ2n) is 4.96. The first-order valence-electron chi connectivity index (χ1n) is 6.96. The smallest absolute Gasteiger partial charge is 0.359 e. The van der Waals surface area contributed by atoms with Crippen molar-refractivity contribution >= 4 is 23.5 Å². The second kappa shape index (κ2) is 7.69. The SMILES string of the molecule is Cc1cnc(C(=O)OCC(=O)N[C@@H](C)c2ccc(Cl)cc2)cn1. The number of nitrogens with zero attached hydrogens (tertiary/aromatic N) is 2. The molecule has 0 fully saturated rings. The Hall–Kier alpha value is -2.47. The van der Waals surface area contributed by atoms with Gasteiger partial charge in [-0.1, -0.05) is 23.7 Å². The van der Waals surface area contributed by atoms with Gasteiger partial charge in [-0.15, -0.1) is 0 Å². The molecule has 1 heterocycles. The van der Waals surface area contributed by atoms with Gasteiger partial charge in [0.1, 0.15) is 0 Å². The predicted octanol–water partition coefficient (Wildman–Crippen LogP) is 2.47. The number of carbonyl (C=O) groups excluding carboxylic acids is 2. The van der Waals surface area contributed by atoms with Crippen LogP contribution in [0, 0.1) is 6.92 Å². The molecule has 2 aromatic rings. The average Bonchev–Trinajstić information content (AvgIpc) is 2.54. The van der Waals surface area contributed by atoms with E-state index in [1.807, 2.05) is 19.1 Å². The van der Waals surface area contributed by atoms with E-state index in [-0.39, 0.29) is 18.3 Å². The van der Waals surface area contributed by atoms with Gasteiger partial charge in [-0.2, -0.15) is 0 Å². The van der Waals surface area contributed by atoms with Gasteiger partial charge in [0.25, 0.3) is 5.91 Å². The molecule has 23 heavy (non-hydrogen) atoms. The van der Waals surface area contributed by atoms with Gasteiger partial charge in [0.05, 0.1) is 17.9 Å². The number of aromatic nitrogens is 2. The molecule has 1 N–H and O–H groups in total. The van der Waals surface area contributed by atoms with E-state index in [2.05, 4.69) is 15.3 Å². The molecule has 0 unspecified atom stereocenters. The molecule has 0 spiro atoms. The van der Waals surface area contributed by atoms with Crippen molar-refractivity contribution < 1.29 is 14.3 Å². The maximum absolute atomic E-state index is 11.8. The Labute approximate surface area is 138 Å². The summed E-state index contributed by atoms with van der Waals surface area (Å²) in [6.07, 6.45) is 2.77. The molecule has 7 heteroatoms. The van der Waals surface area contributed by atoms with Crippen LogP contribution in [0.1, 0.15) is 34.7 Å². The Balaban J connectivity index is 1.83. The highest BCUT2D eigenvalue weighted by Crippen LogP contribution is 2.15. The van der Waals surface area contributed by atoms with Crippen molar-refractivity contribution in [3.05, 3.63) is 58.6 Å². The van der Waals surface area contributed by atoms with Crippen LogP contribution in [-0.4, -0.2) is 28.5 Å². The number of ether oxygens (including phenoxy) is 1. The van der Waals surface area contributed by atoms with Crippen molar-refractivity contribution in [2.45, 2.75) is 19.9 Å². The highest BCUT2D eigenvalue weighted by Gasteiger charge is 2.14. The topological polar surface area (TPSA) is 81.2 Å². The molecule has 1 aromatic carbocycles. The minimum atomic E-state index is -0.688. The Morgan fingerprint density at radius 2 is 1.91 bits per heavy atom. The van der Waals surface area contributed by atoms with E-state index in [1.54, 1.807) is 19.1 Å². The third-order valence-electron chi connectivity index (χ3n) is 3.07. The van der Waals surface area contributed by atoms with E-state index in [4.69, 9.17) is 16.3 Å². The molecule has 0 aliphatic heterocycles. The Bertz CT molecular complexity index is 687. The predicted molar refractivity (Wildman–Crippen MR) is 85.1 cm³/mol. The lowest BCUT2D eigenvalue weighted by atomic mass is 10.1. The number of amides is 1. The summed E-state index contributed by atoms with van der Waals surface area (Å²) in [6.45, 7) is 3.20. The van der Waals surface area contributed by atoms with Crippen LogP contribution in [0.3, 0.4) is 0 Å². The molecule has 6 nitrogen and oxygen atoms in total. The van der Waals surface area contributed by atoms with E-state index in [0.717, 1.165) is 5.56 Å². The number of esters is 1. The Morgan fingerprint density at radius 1 is 1.22 bits per heavy atom. The van der Waals surface area contributed by atoms with Crippen LogP contribution in [0.25, 0.3) is 0 Å². The molecule has 1 aromatic heterocycles. The molecular weight excluding hydrogens is 318 g/mol. The Kier molecular flexibility index (Phi) is 5.65. The van der Waals surface area contributed by atoms with Crippen LogP contribution in [-0.2, 0) is 9.53 Å². The zero-order chi connectivity index (χ0) is 16.8. The highest BCUT2D eigenvalue weighted by molar-refractivity contribution is 6.30. The summed E-state index contributed by atoms with van der Waals surface area (Å²) in [7, 11) is 0. The van der Waals surface area contributed by atoms with Gasteiger partial charge in [-0.05, 0) is 31.5 Å². The fourth-order valence-electron chi connectivity index (χ4n) is 1.82.